The first-order valence-corrected chi connectivity index (χ1v) is 6.59. The molecule has 0 bridgehead atoms. The van der Waals surface area contributed by atoms with E-state index in [9.17, 15) is 0 Å². The van der Waals surface area contributed by atoms with Crippen LogP contribution in [-0.4, -0.2) is 17.3 Å². The largest absolute Gasteiger partial charge is 0.381 e. The minimum atomic E-state index is 0.657. The first-order valence-electron chi connectivity index (χ1n) is 6.59. The normalized spacial score (nSPS) is 10.8. The minimum absolute atomic E-state index is 0.657. The number of ether oxygens (including phenoxy) is 1. The van der Waals surface area contributed by atoms with E-state index in [0.717, 1.165) is 23.1 Å². The van der Waals surface area contributed by atoms with E-state index < -0.39 is 0 Å². The van der Waals surface area contributed by atoms with E-state index in [1.165, 1.54) is 11.1 Å². The lowest BCUT2D eigenvalue weighted by Crippen LogP contribution is -1.99. The van der Waals surface area contributed by atoms with Gasteiger partial charge in [0.2, 0.25) is 0 Å². The molecule has 4 nitrogen and oxygen atoms in total. The fourth-order valence-corrected chi connectivity index (χ4v) is 2.17. The van der Waals surface area contributed by atoms with Gasteiger partial charge in [-0.15, -0.1) is 0 Å². The SMILES string of the molecule is COCc1ccc(CNc2ccc3cn[nH]c3c2)cc1. The summed E-state index contributed by atoms with van der Waals surface area (Å²) in [6, 6.07) is 14.6. The van der Waals surface area contributed by atoms with Crippen molar-refractivity contribution in [1.82, 2.24) is 10.2 Å². The van der Waals surface area contributed by atoms with Gasteiger partial charge < -0.3 is 10.1 Å². The van der Waals surface area contributed by atoms with Gasteiger partial charge in [0.05, 0.1) is 18.3 Å². The predicted octanol–water partition coefficient (Wildman–Crippen LogP) is 3.32. The van der Waals surface area contributed by atoms with Gasteiger partial charge in [-0.3, -0.25) is 5.10 Å². The number of rotatable bonds is 5. The molecule has 1 heterocycles. The Kier molecular flexibility index (Phi) is 3.65. The molecule has 0 aliphatic rings. The van der Waals surface area contributed by atoms with Crippen LogP contribution in [0.2, 0.25) is 0 Å². The van der Waals surface area contributed by atoms with Gasteiger partial charge in [-0.1, -0.05) is 24.3 Å². The maximum Gasteiger partial charge on any atom is 0.0713 e. The molecule has 2 aromatic carbocycles. The lowest BCUT2D eigenvalue weighted by molar-refractivity contribution is 0.185. The van der Waals surface area contributed by atoms with Crippen LogP contribution in [0.15, 0.2) is 48.7 Å². The standard InChI is InChI=1S/C16H17N3O/c1-20-11-13-4-2-12(3-5-13)9-17-15-7-6-14-10-18-19-16(14)8-15/h2-8,10,17H,9,11H2,1H3,(H,18,19). The second-order valence-electron chi connectivity index (χ2n) is 4.78. The predicted molar refractivity (Wildman–Crippen MR) is 80.6 cm³/mol. The van der Waals surface area contributed by atoms with Gasteiger partial charge in [0.1, 0.15) is 0 Å². The molecule has 0 atom stereocenters. The first-order chi connectivity index (χ1) is 9.85. The smallest absolute Gasteiger partial charge is 0.0713 e. The fraction of sp³-hybridized carbons (Fsp3) is 0.188. The van der Waals surface area contributed by atoms with Gasteiger partial charge in [0, 0.05) is 24.7 Å². The lowest BCUT2D eigenvalue weighted by atomic mass is 10.1. The number of anilines is 1. The van der Waals surface area contributed by atoms with Crippen molar-refractivity contribution in [3.8, 4) is 0 Å². The van der Waals surface area contributed by atoms with E-state index in [1.807, 2.05) is 6.20 Å². The zero-order valence-corrected chi connectivity index (χ0v) is 11.4. The van der Waals surface area contributed by atoms with Crippen LogP contribution in [0.4, 0.5) is 5.69 Å². The van der Waals surface area contributed by atoms with Crippen molar-refractivity contribution in [2.75, 3.05) is 12.4 Å². The Morgan fingerprint density at radius 3 is 2.70 bits per heavy atom. The summed E-state index contributed by atoms with van der Waals surface area (Å²) in [5, 5.41) is 11.5. The Labute approximate surface area is 117 Å². The third-order valence-corrected chi connectivity index (χ3v) is 3.27. The summed E-state index contributed by atoms with van der Waals surface area (Å²) in [6.07, 6.45) is 1.83. The van der Waals surface area contributed by atoms with E-state index in [-0.39, 0.29) is 0 Å². The molecule has 0 unspecified atom stereocenters. The van der Waals surface area contributed by atoms with Crippen LogP contribution < -0.4 is 5.32 Å². The van der Waals surface area contributed by atoms with Crippen LogP contribution in [0.5, 0.6) is 0 Å². The molecular formula is C16H17N3O. The topological polar surface area (TPSA) is 49.9 Å². The second kappa shape index (κ2) is 5.75. The minimum Gasteiger partial charge on any atom is -0.381 e. The summed E-state index contributed by atoms with van der Waals surface area (Å²) in [6.45, 7) is 1.46. The van der Waals surface area contributed by atoms with Crippen molar-refractivity contribution < 1.29 is 4.74 Å². The van der Waals surface area contributed by atoms with E-state index in [1.54, 1.807) is 7.11 Å². The number of hydrogen-bond acceptors (Lipinski definition) is 3. The molecular weight excluding hydrogens is 250 g/mol. The summed E-state index contributed by atoms with van der Waals surface area (Å²) in [4.78, 5) is 0. The molecule has 0 saturated heterocycles. The zero-order valence-electron chi connectivity index (χ0n) is 11.4. The van der Waals surface area contributed by atoms with Gasteiger partial charge in [0.15, 0.2) is 0 Å². The molecule has 20 heavy (non-hydrogen) atoms. The molecule has 0 radical (unpaired) electrons. The quantitative estimate of drug-likeness (QED) is 0.745. The lowest BCUT2D eigenvalue weighted by Gasteiger charge is -2.07. The molecule has 1 aromatic heterocycles. The third-order valence-electron chi connectivity index (χ3n) is 3.27. The van der Waals surface area contributed by atoms with Crippen LogP contribution in [0.1, 0.15) is 11.1 Å². The van der Waals surface area contributed by atoms with Crippen LogP contribution in [0.25, 0.3) is 10.9 Å². The highest BCUT2D eigenvalue weighted by Crippen LogP contribution is 2.17. The number of aromatic nitrogens is 2. The van der Waals surface area contributed by atoms with E-state index in [4.69, 9.17) is 4.74 Å². The Balaban J connectivity index is 1.66. The summed E-state index contributed by atoms with van der Waals surface area (Å²) in [5.41, 5.74) is 4.57. The second-order valence-corrected chi connectivity index (χ2v) is 4.78. The number of hydrogen-bond donors (Lipinski definition) is 2. The molecule has 0 saturated carbocycles. The molecule has 0 aliphatic heterocycles. The average Bonchev–Trinajstić information content (AvgIpc) is 2.94. The summed E-state index contributed by atoms with van der Waals surface area (Å²) >= 11 is 0. The Bertz CT molecular complexity index is 688. The molecule has 0 spiro atoms. The Hall–Kier alpha value is -2.33. The van der Waals surface area contributed by atoms with Crippen LogP contribution in [-0.2, 0) is 17.9 Å². The van der Waals surface area contributed by atoms with Crippen molar-refractivity contribution in [3.05, 3.63) is 59.8 Å². The molecule has 0 fully saturated rings. The zero-order chi connectivity index (χ0) is 13.8. The maximum atomic E-state index is 5.11. The first kappa shape index (κ1) is 12.7. The van der Waals surface area contributed by atoms with Crippen molar-refractivity contribution in [1.29, 1.82) is 0 Å². The molecule has 102 valence electrons. The maximum absolute atomic E-state index is 5.11. The Morgan fingerprint density at radius 1 is 1.10 bits per heavy atom. The molecule has 0 amide bonds. The molecule has 3 aromatic rings. The van der Waals surface area contributed by atoms with Crippen molar-refractivity contribution in [2.24, 2.45) is 0 Å². The number of benzene rings is 2. The van der Waals surface area contributed by atoms with Gasteiger partial charge in [-0.25, -0.2) is 0 Å². The van der Waals surface area contributed by atoms with E-state index in [2.05, 4.69) is 58.0 Å². The highest BCUT2D eigenvalue weighted by molar-refractivity contribution is 5.81. The summed E-state index contributed by atoms with van der Waals surface area (Å²) in [7, 11) is 1.71. The Morgan fingerprint density at radius 2 is 1.90 bits per heavy atom. The van der Waals surface area contributed by atoms with Gasteiger partial charge in [-0.05, 0) is 29.3 Å². The highest BCUT2D eigenvalue weighted by Gasteiger charge is 1.99. The number of nitrogens with zero attached hydrogens (tertiary/aromatic N) is 1. The van der Waals surface area contributed by atoms with Crippen LogP contribution in [0, 0.1) is 0 Å². The summed E-state index contributed by atoms with van der Waals surface area (Å²) in [5.74, 6) is 0. The molecule has 2 N–H and O–H groups in total. The van der Waals surface area contributed by atoms with Crippen molar-refractivity contribution >= 4 is 16.6 Å². The average molecular weight is 267 g/mol. The molecule has 0 aliphatic carbocycles. The van der Waals surface area contributed by atoms with Crippen LogP contribution in [0.3, 0.4) is 0 Å². The van der Waals surface area contributed by atoms with E-state index in [0.29, 0.717) is 6.61 Å². The third kappa shape index (κ3) is 2.81. The van der Waals surface area contributed by atoms with E-state index >= 15 is 0 Å². The number of H-pyrrole nitrogens is 1. The fourth-order valence-electron chi connectivity index (χ4n) is 2.17. The number of methoxy groups -OCH3 is 1. The van der Waals surface area contributed by atoms with Gasteiger partial charge >= 0.3 is 0 Å². The van der Waals surface area contributed by atoms with Gasteiger partial charge in [0.25, 0.3) is 0 Å². The van der Waals surface area contributed by atoms with Crippen molar-refractivity contribution in [3.63, 3.8) is 0 Å². The van der Waals surface area contributed by atoms with Gasteiger partial charge in [-0.2, -0.15) is 5.10 Å². The number of nitrogens with one attached hydrogen (secondary N) is 2. The summed E-state index contributed by atoms with van der Waals surface area (Å²) < 4.78 is 5.11. The number of fused-ring (bicyclic) bond motifs is 1. The number of aromatic amines is 1. The monoisotopic (exact) mass is 267 g/mol. The van der Waals surface area contributed by atoms with Crippen molar-refractivity contribution in [2.45, 2.75) is 13.2 Å². The highest BCUT2D eigenvalue weighted by atomic mass is 16.5. The van der Waals surface area contributed by atoms with Crippen LogP contribution >= 0.6 is 0 Å². The molecule has 3 rings (SSSR count). The molecule has 4 heteroatoms.